The van der Waals surface area contributed by atoms with E-state index >= 15 is 0 Å². The Kier molecular flexibility index (Phi) is 7.73. The van der Waals surface area contributed by atoms with Gasteiger partial charge in [-0.2, -0.15) is 4.98 Å². The van der Waals surface area contributed by atoms with Crippen LogP contribution in [-0.2, 0) is 17.6 Å². The van der Waals surface area contributed by atoms with Crippen molar-refractivity contribution in [3.05, 3.63) is 40.7 Å². The van der Waals surface area contributed by atoms with Crippen LogP contribution in [0, 0.1) is 13.8 Å². The second-order valence-electron chi connectivity index (χ2n) is 7.00. The summed E-state index contributed by atoms with van der Waals surface area (Å²) in [6.45, 7) is 9.42. The molecule has 9 heteroatoms. The number of benzene rings is 1. The molecule has 0 saturated heterocycles. The van der Waals surface area contributed by atoms with E-state index in [-0.39, 0.29) is 12.3 Å². The molecule has 1 N–H and O–H groups in total. The van der Waals surface area contributed by atoms with Crippen molar-refractivity contribution in [3.63, 3.8) is 0 Å². The second-order valence-corrected chi connectivity index (χ2v) is 7.77. The summed E-state index contributed by atoms with van der Waals surface area (Å²) in [5.74, 6) is 1.98. The van der Waals surface area contributed by atoms with Gasteiger partial charge in [-0.25, -0.2) is 9.50 Å². The van der Waals surface area contributed by atoms with Gasteiger partial charge in [0.1, 0.15) is 0 Å². The van der Waals surface area contributed by atoms with E-state index in [0.717, 1.165) is 34.0 Å². The lowest BCUT2D eigenvalue weighted by Crippen LogP contribution is -2.28. The molecule has 2 aromatic heterocycles. The highest BCUT2D eigenvalue weighted by Crippen LogP contribution is 2.28. The van der Waals surface area contributed by atoms with Crippen LogP contribution < -0.4 is 14.8 Å². The number of hydrogen-bond donors (Lipinski definition) is 1. The Morgan fingerprint density at radius 1 is 1.13 bits per heavy atom. The minimum absolute atomic E-state index is 0.0477. The first-order valence-electron chi connectivity index (χ1n) is 10.4. The van der Waals surface area contributed by atoms with Gasteiger partial charge in [-0.05, 0) is 58.1 Å². The van der Waals surface area contributed by atoms with Crippen molar-refractivity contribution in [3.8, 4) is 11.5 Å². The Morgan fingerprint density at radius 3 is 2.58 bits per heavy atom. The third-order valence-electron chi connectivity index (χ3n) is 4.89. The van der Waals surface area contributed by atoms with Crippen LogP contribution in [0.1, 0.15) is 36.4 Å². The largest absolute Gasteiger partial charge is 0.490 e. The zero-order valence-electron chi connectivity index (χ0n) is 18.7. The van der Waals surface area contributed by atoms with E-state index in [0.29, 0.717) is 37.1 Å². The van der Waals surface area contributed by atoms with Gasteiger partial charge >= 0.3 is 0 Å². The van der Waals surface area contributed by atoms with E-state index in [1.165, 1.54) is 11.8 Å². The smallest absolute Gasteiger partial charge is 0.253 e. The Morgan fingerprint density at radius 2 is 1.87 bits per heavy atom. The van der Waals surface area contributed by atoms with Crippen molar-refractivity contribution in [2.75, 3.05) is 26.0 Å². The predicted octanol–water partition coefficient (Wildman–Crippen LogP) is 3.16. The lowest BCUT2D eigenvalue weighted by molar-refractivity contribution is -0.120. The van der Waals surface area contributed by atoms with Gasteiger partial charge in [0.15, 0.2) is 11.5 Å². The van der Waals surface area contributed by atoms with Crippen molar-refractivity contribution in [2.24, 2.45) is 0 Å². The average Bonchev–Trinajstić information content (AvgIpc) is 3.16. The fourth-order valence-electron chi connectivity index (χ4n) is 3.35. The molecule has 1 amide bonds. The minimum atomic E-state index is -0.0477. The highest BCUT2D eigenvalue weighted by atomic mass is 32.2. The molecule has 0 atom stereocenters. The van der Waals surface area contributed by atoms with Gasteiger partial charge in [-0.1, -0.05) is 17.8 Å². The molecule has 8 nitrogen and oxygen atoms in total. The molecular weight excluding hydrogens is 414 g/mol. The number of hydrogen-bond acceptors (Lipinski definition) is 7. The zero-order chi connectivity index (χ0) is 22.4. The van der Waals surface area contributed by atoms with Crippen LogP contribution in [0.15, 0.2) is 23.4 Å². The van der Waals surface area contributed by atoms with E-state index in [9.17, 15) is 4.79 Å². The number of rotatable bonds is 10. The lowest BCUT2D eigenvalue weighted by atomic mass is 10.1. The Balaban J connectivity index is 1.62. The second kappa shape index (κ2) is 10.5. The number of carbonyl (C=O) groups is 1. The van der Waals surface area contributed by atoms with Crippen molar-refractivity contribution in [1.29, 1.82) is 0 Å². The molecule has 0 aliphatic carbocycles. The molecule has 0 aliphatic rings. The van der Waals surface area contributed by atoms with Crippen LogP contribution >= 0.6 is 11.8 Å². The summed E-state index contributed by atoms with van der Waals surface area (Å²) in [5, 5.41) is 8.10. The van der Waals surface area contributed by atoms with Gasteiger partial charge in [0.05, 0.1) is 19.6 Å². The first-order chi connectivity index (χ1) is 15.0. The summed E-state index contributed by atoms with van der Waals surface area (Å²) in [7, 11) is 0. The first kappa shape index (κ1) is 22.9. The molecule has 0 saturated carbocycles. The SMILES string of the molecule is CCOc1ccc(CCNC(=O)Cc2c(C)nc3nc(SC)nn3c2C)cc1OCC. The summed E-state index contributed by atoms with van der Waals surface area (Å²) in [6, 6.07) is 5.89. The minimum Gasteiger partial charge on any atom is -0.490 e. The van der Waals surface area contributed by atoms with Crippen LogP contribution in [0.3, 0.4) is 0 Å². The van der Waals surface area contributed by atoms with Crippen molar-refractivity contribution in [1.82, 2.24) is 24.9 Å². The van der Waals surface area contributed by atoms with Crippen LogP contribution in [0.25, 0.3) is 5.78 Å². The van der Waals surface area contributed by atoms with Crippen LogP contribution in [-0.4, -0.2) is 51.5 Å². The molecule has 0 aliphatic heterocycles. The molecule has 1 aromatic carbocycles. The lowest BCUT2D eigenvalue weighted by Gasteiger charge is -2.13. The normalized spacial score (nSPS) is 11.0. The Labute approximate surface area is 186 Å². The van der Waals surface area contributed by atoms with Gasteiger partial charge in [0.2, 0.25) is 11.1 Å². The molecule has 3 rings (SSSR count). The molecular formula is C22H29N5O3S. The van der Waals surface area contributed by atoms with Gasteiger partial charge in [0, 0.05) is 23.5 Å². The van der Waals surface area contributed by atoms with Gasteiger partial charge in [-0.3, -0.25) is 4.79 Å². The summed E-state index contributed by atoms with van der Waals surface area (Å²) in [6.07, 6.45) is 2.88. The molecule has 2 heterocycles. The molecule has 0 bridgehead atoms. The molecule has 166 valence electrons. The van der Waals surface area contributed by atoms with Crippen LogP contribution in [0.5, 0.6) is 11.5 Å². The zero-order valence-corrected chi connectivity index (χ0v) is 19.5. The van der Waals surface area contributed by atoms with Crippen LogP contribution in [0.2, 0.25) is 0 Å². The highest BCUT2D eigenvalue weighted by Gasteiger charge is 2.16. The molecule has 0 unspecified atom stereocenters. The third-order valence-corrected chi connectivity index (χ3v) is 5.43. The van der Waals surface area contributed by atoms with Gasteiger partial charge in [0.25, 0.3) is 5.78 Å². The van der Waals surface area contributed by atoms with E-state index in [2.05, 4.69) is 20.4 Å². The monoisotopic (exact) mass is 443 g/mol. The van der Waals surface area contributed by atoms with Crippen molar-refractivity contribution in [2.45, 2.75) is 45.7 Å². The van der Waals surface area contributed by atoms with E-state index in [1.54, 1.807) is 4.52 Å². The predicted molar refractivity (Wildman–Crippen MR) is 121 cm³/mol. The number of aromatic nitrogens is 4. The molecule has 31 heavy (non-hydrogen) atoms. The van der Waals surface area contributed by atoms with E-state index in [1.807, 2.05) is 52.1 Å². The fraction of sp³-hybridized carbons (Fsp3) is 0.455. The summed E-state index contributed by atoms with van der Waals surface area (Å²) >= 11 is 1.47. The maximum absolute atomic E-state index is 12.6. The van der Waals surface area contributed by atoms with E-state index in [4.69, 9.17) is 9.47 Å². The number of thioether (sulfide) groups is 1. The molecule has 0 fully saturated rings. The molecule has 0 spiro atoms. The first-order valence-corrected chi connectivity index (χ1v) is 11.6. The Bertz CT molecular complexity index is 1070. The highest BCUT2D eigenvalue weighted by molar-refractivity contribution is 7.98. The molecule has 0 radical (unpaired) electrons. The molecule has 3 aromatic rings. The Hall–Kier alpha value is -2.81. The fourth-order valence-corrected chi connectivity index (χ4v) is 3.69. The standard InChI is InChI=1S/C22H29N5O3S/c1-6-29-18-9-8-16(12-19(18)30-7-2)10-11-23-20(28)13-17-14(3)24-21-25-22(31-5)26-27(21)15(17)4/h8-9,12H,6-7,10-11,13H2,1-5H3,(H,23,28). The third kappa shape index (κ3) is 5.46. The number of aryl methyl sites for hydroxylation is 2. The number of nitrogens with zero attached hydrogens (tertiary/aromatic N) is 4. The number of nitrogens with one attached hydrogen (secondary N) is 1. The maximum Gasteiger partial charge on any atom is 0.253 e. The van der Waals surface area contributed by atoms with Crippen LogP contribution in [0.4, 0.5) is 0 Å². The van der Waals surface area contributed by atoms with Gasteiger partial charge < -0.3 is 14.8 Å². The number of carbonyl (C=O) groups excluding carboxylic acids is 1. The van der Waals surface area contributed by atoms with Gasteiger partial charge in [-0.15, -0.1) is 5.10 Å². The van der Waals surface area contributed by atoms with E-state index < -0.39 is 0 Å². The van der Waals surface area contributed by atoms with Crippen molar-refractivity contribution < 1.29 is 14.3 Å². The number of amides is 1. The topological polar surface area (TPSA) is 90.6 Å². The summed E-state index contributed by atoms with van der Waals surface area (Å²) < 4.78 is 13.0. The quantitative estimate of drug-likeness (QED) is 0.481. The maximum atomic E-state index is 12.6. The summed E-state index contributed by atoms with van der Waals surface area (Å²) in [5.41, 5.74) is 3.64. The van der Waals surface area contributed by atoms with Crippen molar-refractivity contribution >= 4 is 23.4 Å². The average molecular weight is 444 g/mol. The summed E-state index contributed by atoms with van der Waals surface area (Å²) in [4.78, 5) is 21.5. The number of fused-ring (bicyclic) bond motifs is 1. The number of ether oxygens (including phenoxy) is 2.